The maximum Gasteiger partial charge on any atom is 0.0857 e. The first-order chi connectivity index (χ1) is 8.31. The second-order valence-corrected chi connectivity index (χ2v) is 4.40. The van der Waals surface area contributed by atoms with Crippen LogP contribution in [0, 0.1) is 0 Å². The summed E-state index contributed by atoms with van der Waals surface area (Å²) in [6.45, 7) is 1.48. The maximum absolute atomic E-state index is 9.49. The van der Waals surface area contributed by atoms with Crippen LogP contribution in [0.4, 0.5) is 0 Å². The van der Waals surface area contributed by atoms with Crippen molar-refractivity contribution in [2.24, 2.45) is 0 Å². The van der Waals surface area contributed by atoms with Crippen LogP contribution in [0.1, 0.15) is 17.0 Å². The van der Waals surface area contributed by atoms with Gasteiger partial charge in [-0.2, -0.15) is 5.10 Å². The Hall–Kier alpha value is -1.36. The molecule has 2 N–H and O–H groups in total. The average molecular weight is 250 g/mol. The number of para-hydroxylation sites is 1. The highest BCUT2D eigenvalue weighted by Crippen LogP contribution is 2.26. The van der Waals surface area contributed by atoms with E-state index in [4.69, 9.17) is 11.6 Å². The third-order valence-electron chi connectivity index (χ3n) is 3.00. The Morgan fingerprint density at radius 2 is 2.18 bits per heavy atom. The maximum atomic E-state index is 9.49. The lowest BCUT2D eigenvalue weighted by molar-refractivity contribution is 0.271. The Bertz CT molecular complexity index is 565. The third kappa shape index (κ3) is 1.65. The van der Waals surface area contributed by atoms with Gasteiger partial charge in [0.2, 0.25) is 0 Å². The van der Waals surface area contributed by atoms with Crippen molar-refractivity contribution in [2.75, 3.05) is 0 Å². The zero-order chi connectivity index (χ0) is 11.8. The fraction of sp³-hybridized carbons (Fsp3) is 0.250. The van der Waals surface area contributed by atoms with E-state index in [2.05, 4.69) is 10.4 Å². The zero-order valence-electron chi connectivity index (χ0n) is 9.15. The molecule has 1 aliphatic heterocycles. The SMILES string of the molecule is OCc1c2c(nn1-c1ccccc1Cl)CNC2. The molecule has 0 radical (unpaired) electrons. The van der Waals surface area contributed by atoms with Crippen molar-refractivity contribution in [3.63, 3.8) is 0 Å². The van der Waals surface area contributed by atoms with Crippen LogP contribution in [0.2, 0.25) is 5.02 Å². The molecule has 0 fully saturated rings. The summed E-state index contributed by atoms with van der Waals surface area (Å²) in [7, 11) is 0. The average Bonchev–Trinajstić information content (AvgIpc) is 2.89. The number of hydrogen-bond donors (Lipinski definition) is 2. The van der Waals surface area contributed by atoms with Gasteiger partial charge in [-0.15, -0.1) is 0 Å². The number of rotatable bonds is 2. The van der Waals surface area contributed by atoms with Crippen LogP contribution in [-0.2, 0) is 19.7 Å². The molecular weight excluding hydrogens is 238 g/mol. The predicted octanol–water partition coefficient (Wildman–Crippen LogP) is 1.62. The molecule has 1 aromatic heterocycles. The largest absolute Gasteiger partial charge is 0.390 e. The van der Waals surface area contributed by atoms with E-state index in [0.717, 1.165) is 35.7 Å². The van der Waals surface area contributed by atoms with E-state index >= 15 is 0 Å². The quantitative estimate of drug-likeness (QED) is 0.851. The lowest BCUT2D eigenvalue weighted by atomic mass is 10.2. The topological polar surface area (TPSA) is 50.1 Å². The van der Waals surface area contributed by atoms with Gasteiger partial charge in [0.05, 0.1) is 28.7 Å². The first-order valence-corrected chi connectivity index (χ1v) is 5.85. The van der Waals surface area contributed by atoms with Gasteiger partial charge in [-0.3, -0.25) is 0 Å². The molecule has 3 rings (SSSR count). The van der Waals surface area contributed by atoms with Gasteiger partial charge in [0.1, 0.15) is 0 Å². The first kappa shape index (κ1) is 10.8. The van der Waals surface area contributed by atoms with E-state index in [1.54, 1.807) is 4.68 Å². The molecule has 1 aromatic carbocycles. The Balaban J connectivity index is 2.19. The number of benzene rings is 1. The van der Waals surface area contributed by atoms with Crippen molar-refractivity contribution in [3.05, 3.63) is 46.2 Å². The minimum absolute atomic E-state index is 0.0325. The number of aromatic nitrogens is 2. The number of fused-ring (bicyclic) bond motifs is 1. The highest BCUT2D eigenvalue weighted by Gasteiger charge is 2.22. The summed E-state index contributed by atoms with van der Waals surface area (Å²) in [4.78, 5) is 0. The van der Waals surface area contributed by atoms with Crippen molar-refractivity contribution in [1.82, 2.24) is 15.1 Å². The summed E-state index contributed by atoms with van der Waals surface area (Å²) in [5.41, 5.74) is 3.71. The zero-order valence-corrected chi connectivity index (χ0v) is 9.91. The molecule has 0 saturated carbocycles. The van der Waals surface area contributed by atoms with Crippen LogP contribution >= 0.6 is 11.6 Å². The van der Waals surface area contributed by atoms with E-state index in [1.165, 1.54) is 0 Å². The second-order valence-electron chi connectivity index (χ2n) is 4.00. The Kier molecular flexibility index (Phi) is 2.63. The lowest BCUT2D eigenvalue weighted by Gasteiger charge is -2.08. The predicted molar refractivity (Wildman–Crippen MR) is 65.0 cm³/mol. The fourth-order valence-electron chi connectivity index (χ4n) is 2.17. The normalized spacial score (nSPS) is 14.0. The van der Waals surface area contributed by atoms with Crippen LogP contribution in [0.5, 0.6) is 0 Å². The summed E-state index contributed by atoms with van der Waals surface area (Å²) in [6, 6.07) is 7.51. The lowest BCUT2D eigenvalue weighted by Crippen LogP contribution is -2.09. The van der Waals surface area contributed by atoms with Gasteiger partial charge < -0.3 is 10.4 Å². The minimum Gasteiger partial charge on any atom is -0.390 e. The van der Waals surface area contributed by atoms with Gasteiger partial charge >= 0.3 is 0 Å². The molecule has 1 aliphatic rings. The van der Waals surface area contributed by atoms with Crippen LogP contribution < -0.4 is 5.32 Å². The highest BCUT2D eigenvalue weighted by molar-refractivity contribution is 6.32. The van der Waals surface area contributed by atoms with E-state index in [0.29, 0.717) is 5.02 Å². The number of aliphatic hydroxyl groups is 1. The molecule has 0 unspecified atom stereocenters. The van der Waals surface area contributed by atoms with Crippen LogP contribution in [0.25, 0.3) is 5.69 Å². The summed E-state index contributed by atoms with van der Waals surface area (Å²) in [5.74, 6) is 0. The first-order valence-electron chi connectivity index (χ1n) is 5.47. The number of halogens is 1. The summed E-state index contributed by atoms with van der Waals surface area (Å²) >= 11 is 6.15. The van der Waals surface area contributed by atoms with Gasteiger partial charge in [-0.1, -0.05) is 23.7 Å². The molecule has 0 bridgehead atoms. The van der Waals surface area contributed by atoms with Gasteiger partial charge in [-0.25, -0.2) is 4.68 Å². The number of aliphatic hydroxyl groups excluding tert-OH is 1. The standard InChI is InChI=1S/C12H12ClN3O/c13-9-3-1-2-4-11(9)16-12(7-17)8-5-14-6-10(8)15-16/h1-4,14,17H,5-7H2. The van der Waals surface area contributed by atoms with E-state index in [9.17, 15) is 5.11 Å². The second kappa shape index (κ2) is 4.14. The van der Waals surface area contributed by atoms with Gasteiger partial charge in [-0.05, 0) is 12.1 Å². The van der Waals surface area contributed by atoms with Crippen LogP contribution in [0.15, 0.2) is 24.3 Å². The molecule has 88 valence electrons. The Morgan fingerprint density at radius 3 is 2.94 bits per heavy atom. The Labute approximate surface area is 104 Å². The molecule has 0 aliphatic carbocycles. The molecule has 2 heterocycles. The molecule has 17 heavy (non-hydrogen) atoms. The van der Waals surface area contributed by atoms with E-state index in [-0.39, 0.29) is 6.61 Å². The Morgan fingerprint density at radius 1 is 1.35 bits per heavy atom. The van der Waals surface area contributed by atoms with E-state index < -0.39 is 0 Å². The summed E-state index contributed by atoms with van der Waals surface area (Å²) < 4.78 is 1.74. The van der Waals surface area contributed by atoms with Crippen molar-refractivity contribution in [3.8, 4) is 5.69 Å². The molecule has 0 amide bonds. The van der Waals surface area contributed by atoms with Crippen molar-refractivity contribution in [1.29, 1.82) is 0 Å². The highest BCUT2D eigenvalue weighted by atomic mass is 35.5. The van der Waals surface area contributed by atoms with Crippen LogP contribution in [0.3, 0.4) is 0 Å². The van der Waals surface area contributed by atoms with Crippen molar-refractivity contribution >= 4 is 11.6 Å². The summed E-state index contributed by atoms with van der Waals surface area (Å²) in [5, 5.41) is 17.8. The minimum atomic E-state index is -0.0325. The van der Waals surface area contributed by atoms with Crippen molar-refractivity contribution < 1.29 is 5.11 Å². The van der Waals surface area contributed by atoms with Crippen LogP contribution in [-0.4, -0.2) is 14.9 Å². The molecule has 0 saturated heterocycles. The van der Waals surface area contributed by atoms with Gasteiger partial charge in [0.15, 0.2) is 0 Å². The smallest absolute Gasteiger partial charge is 0.0857 e. The fourth-order valence-corrected chi connectivity index (χ4v) is 2.39. The number of nitrogens with zero attached hydrogens (tertiary/aromatic N) is 2. The third-order valence-corrected chi connectivity index (χ3v) is 3.32. The number of hydrogen-bond acceptors (Lipinski definition) is 3. The van der Waals surface area contributed by atoms with Crippen molar-refractivity contribution in [2.45, 2.75) is 19.7 Å². The van der Waals surface area contributed by atoms with Gasteiger partial charge in [0.25, 0.3) is 0 Å². The monoisotopic (exact) mass is 249 g/mol. The molecule has 5 heteroatoms. The number of nitrogens with one attached hydrogen (secondary N) is 1. The molecule has 4 nitrogen and oxygen atoms in total. The van der Waals surface area contributed by atoms with E-state index in [1.807, 2.05) is 24.3 Å². The molecule has 0 spiro atoms. The molecule has 0 atom stereocenters. The summed E-state index contributed by atoms with van der Waals surface area (Å²) in [6.07, 6.45) is 0. The molecule has 2 aromatic rings. The molecular formula is C12H12ClN3O. The van der Waals surface area contributed by atoms with Gasteiger partial charge in [0, 0.05) is 18.7 Å².